The minimum Gasteiger partial charge on any atom is -0.387 e. The summed E-state index contributed by atoms with van der Waals surface area (Å²) in [5, 5.41) is 17.1. The molecule has 0 amide bonds. The number of anilines is 2. The number of benzene rings is 4. The minimum atomic E-state index is 0.153. The van der Waals surface area contributed by atoms with E-state index in [-0.39, 0.29) is 6.17 Å². The highest BCUT2D eigenvalue weighted by atomic mass is 32.1. The lowest BCUT2D eigenvalue weighted by molar-refractivity contribution is 0.911. The van der Waals surface area contributed by atoms with Gasteiger partial charge in [0.15, 0.2) is 0 Å². The first-order valence-corrected chi connectivity index (χ1v) is 17.7. The Hall–Kier alpha value is -5.52. The van der Waals surface area contributed by atoms with E-state index in [1.54, 1.807) is 0 Å². The molecule has 4 aromatic carbocycles. The van der Waals surface area contributed by atoms with E-state index in [9.17, 15) is 0 Å². The van der Waals surface area contributed by atoms with Gasteiger partial charge in [0.2, 0.25) is 0 Å². The lowest BCUT2D eigenvalue weighted by Crippen LogP contribution is -2.31. The molecule has 48 heavy (non-hydrogen) atoms. The molecular formula is C43H34N4S. The van der Waals surface area contributed by atoms with Crippen molar-refractivity contribution in [2.45, 2.75) is 19.0 Å². The molecule has 232 valence electrons. The number of hydrogen-bond acceptors (Lipinski definition) is 5. The topological polar surface area (TPSA) is 39.3 Å². The minimum absolute atomic E-state index is 0.153. The van der Waals surface area contributed by atoms with Crippen LogP contribution in [0.15, 0.2) is 128 Å². The fourth-order valence-electron chi connectivity index (χ4n) is 7.94. The van der Waals surface area contributed by atoms with Gasteiger partial charge in [-0.3, -0.25) is 0 Å². The lowest BCUT2D eigenvalue weighted by atomic mass is 9.84. The molecule has 0 bridgehead atoms. The number of hydrogen-bond donors (Lipinski definition) is 3. The summed E-state index contributed by atoms with van der Waals surface area (Å²) in [6.45, 7) is 1.67. The van der Waals surface area contributed by atoms with Gasteiger partial charge in [-0.2, -0.15) is 0 Å². The Morgan fingerprint density at radius 1 is 0.750 bits per heavy atom. The lowest BCUT2D eigenvalue weighted by Gasteiger charge is -2.27. The van der Waals surface area contributed by atoms with Crippen LogP contribution in [0.4, 0.5) is 10.7 Å². The van der Waals surface area contributed by atoms with Crippen molar-refractivity contribution in [1.29, 1.82) is 0 Å². The van der Waals surface area contributed by atoms with Crippen LogP contribution in [0.2, 0.25) is 0 Å². The van der Waals surface area contributed by atoms with Gasteiger partial charge in [0.05, 0.1) is 5.69 Å². The van der Waals surface area contributed by atoms with Crippen LogP contribution in [0.5, 0.6) is 0 Å². The number of rotatable bonds is 4. The van der Waals surface area contributed by atoms with Crippen LogP contribution in [0, 0.1) is 0 Å². The third-order valence-corrected chi connectivity index (χ3v) is 11.4. The second-order valence-corrected chi connectivity index (χ2v) is 14.0. The van der Waals surface area contributed by atoms with Crippen LogP contribution < -0.4 is 20.9 Å². The van der Waals surface area contributed by atoms with E-state index in [0.717, 1.165) is 25.9 Å². The molecule has 1 atom stereocenters. The summed E-state index contributed by atoms with van der Waals surface area (Å²) in [5.41, 5.74) is 12.8. The molecule has 0 radical (unpaired) electrons. The molecule has 4 aliphatic heterocycles. The number of allylic oxidation sites excluding steroid dienone is 7. The predicted molar refractivity (Wildman–Crippen MR) is 206 cm³/mol. The van der Waals surface area contributed by atoms with E-state index in [4.69, 9.17) is 0 Å². The molecule has 5 aromatic rings. The number of fused-ring (bicyclic) bond motifs is 7. The molecule has 1 aliphatic carbocycles. The maximum absolute atomic E-state index is 3.83. The molecule has 1 aromatic heterocycles. The largest absolute Gasteiger partial charge is 0.387 e. The number of thiophene rings is 1. The highest BCUT2D eigenvalue weighted by Gasteiger charge is 2.34. The summed E-state index contributed by atoms with van der Waals surface area (Å²) in [6, 6.07) is 25.1. The molecule has 5 heteroatoms. The Morgan fingerprint density at radius 3 is 2.27 bits per heavy atom. The van der Waals surface area contributed by atoms with Crippen LogP contribution >= 0.6 is 11.3 Å². The Kier molecular flexibility index (Phi) is 6.34. The third kappa shape index (κ3) is 4.35. The van der Waals surface area contributed by atoms with Crippen molar-refractivity contribution in [3.63, 3.8) is 0 Å². The summed E-state index contributed by atoms with van der Waals surface area (Å²) in [5.74, 6) is 0. The van der Waals surface area contributed by atoms with Gasteiger partial charge >= 0.3 is 0 Å². The summed E-state index contributed by atoms with van der Waals surface area (Å²) < 4.78 is 0. The average Bonchev–Trinajstić information content (AvgIpc) is 3.70. The van der Waals surface area contributed by atoms with Gasteiger partial charge in [-0.1, -0.05) is 78.9 Å². The third-order valence-electron chi connectivity index (χ3n) is 10.2. The SMILES string of the molecule is C1=CNCC(c2cc(C3=CNCC=C3)cc(-c3c4ccccc4c(C4=CN5c6sc7c(c6NC5C=C4)CCC=C7)c4ccccc34)c2)=C1. The van der Waals surface area contributed by atoms with Crippen LogP contribution in [0.3, 0.4) is 0 Å². The molecule has 0 saturated heterocycles. The summed E-state index contributed by atoms with van der Waals surface area (Å²) in [7, 11) is 0. The van der Waals surface area contributed by atoms with Crippen LogP contribution in [-0.4, -0.2) is 19.3 Å². The fourth-order valence-corrected chi connectivity index (χ4v) is 9.20. The van der Waals surface area contributed by atoms with E-state index in [1.165, 1.54) is 87.2 Å². The van der Waals surface area contributed by atoms with Crippen molar-refractivity contribution in [2.24, 2.45) is 0 Å². The van der Waals surface area contributed by atoms with Gasteiger partial charge in [-0.05, 0) is 127 Å². The van der Waals surface area contributed by atoms with Gasteiger partial charge in [-0.15, -0.1) is 11.3 Å². The predicted octanol–water partition coefficient (Wildman–Crippen LogP) is 9.85. The van der Waals surface area contributed by atoms with E-state index < -0.39 is 0 Å². The fraction of sp³-hybridized carbons (Fsp3) is 0.116. The molecule has 5 aliphatic rings. The zero-order chi connectivity index (χ0) is 31.6. The second-order valence-electron chi connectivity index (χ2n) is 13.0. The van der Waals surface area contributed by atoms with Gasteiger partial charge in [0, 0.05) is 30.4 Å². The summed E-state index contributed by atoms with van der Waals surface area (Å²) in [6.07, 6.45) is 27.0. The number of nitrogens with zero attached hydrogens (tertiary/aromatic N) is 1. The second kappa shape index (κ2) is 11.0. The molecule has 5 heterocycles. The van der Waals surface area contributed by atoms with E-state index in [0.29, 0.717) is 0 Å². The highest BCUT2D eigenvalue weighted by molar-refractivity contribution is 7.18. The van der Waals surface area contributed by atoms with Crippen molar-refractivity contribution in [2.75, 3.05) is 23.3 Å². The normalized spacial score (nSPS) is 18.8. The monoisotopic (exact) mass is 638 g/mol. The van der Waals surface area contributed by atoms with E-state index >= 15 is 0 Å². The standard InChI is InChI=1S/C43H34N4S/c1-3-13-35-33(11-1)40(29-17-18-39-46-42-37-15-5-6-16-38(37)48-43(42)47(39)26-29)34-12-2-4-14-36(34)41(35)32-22-30(27-9-7-19-44-24-27)21-31(23-32)28-10-8-20-45-25-28/h1-4,6-14,16-19,21-23,25-26,39,44-46H,5,15,20,24H2. The Morgan fingerprint density at radius 2 is 1.52 bits per heavy atom. The Labute approximate surface area is 284 Å². The van der Waals surface area contributed by atoms with Gasteiger partial charge in [0.25, 0.3) is 0 Å². The van der Waals surface area contributed by atoms with Crippen molar-refractivity contribution in [3.05, 3.63) is 155 Å². The van der Waals surface area contributed by atoms with Crippen LogP contribution in [0.25, 0.3) is 55.5 Å². The number of nitrogens with one attached hydrogen (secondary N) is 3. The van der Waals surface area contributed by atoms with Gasteiger partial charge in [0.1, 0.15) is 11.2 Å². The molecular weight excluding hydrogens is 605 g/mol. The van der Waals surface area contributed by atoms with Crippen LogP contribution in [-0.2, 0) is 6.42 Å². The summed E-state index contributed by atoms with van der Waals surface area (Å²) in [4.78, 5) is 3.85. The Bertz CT molecular complexity index is 2340. The molecule has 0 fully saturated rings. The van der Waals surface area contributed by atoms with Gasteiger partial charge < -0.3 is 20.9 Å². The first-order chi connectivity index (χ1) is 23.8. The van der Waals surface area contributed by atoms with Crippen molar-refractivity contribution < 1.29 is 0 Å². The molecule has 4 nitrogen and oxygen atoms in total. The molecule has 3 N–H and O–H groups in total. The summed E-state index contributed by atoms with van der Waals surface area (Å²) >= 11 is 1.91. The molecule has 1 unspecified atom stereocenters. The van der Waals surface area contributed by atoms with Crippen LogP contribution in [0.1, 0.15) is 33.6 Å². The molecule has 0 spiro atoms. The first-order valence-electron chi connectivity index (χ1n) is 16.9. The van der Waals surface area contributed by atoms with Crippen molar-refractivity contribution in [3.8, 4) is 11.1 Å². The van der Waals surface area contributed by atoms with Gasteiger partial charge in [-0.25, -0.2) is 0 Å². The Balaban J connectivity index is 1.19. The first kappa shape index (κ1) is 27.6. The zero-order valence-electron chi connectivity index (χ0n) is 26.5. The van der Waals surface area contributed by atoms with Crippen molar-refractivity contribution in [1.82, 2.24) is 10.6 Å². The average molecular weight is 639 g/mol. The molecule has 0 saturated carbocycles. The quantitative estimate of drug-likeness (QED) is 0.171. The highest BCUT2D eigenvalue weighted by Crippen LogP contribution is 2.51. The van der Waals surface area contributed by atoms with E-state index in [1.807, 2.05) is 17.5 Å². The van der Waals surface area contributed by atoms with Crippen molar-refractivity contribution >= 4 is 66.4 Å². The maximum Gasteiger partial charge on any atom is 0.124 e. The molecule has 10 rings (SSSR count). The zero-order valence-corrected chi connectivity index (χ0v) is 27.3. The number of dihydropyridines is 2. The maximum atomic E-state index is 3.83. The smallest absolute Gasteiger partial charge is 0.124 e. The van der Waals surface area contributed by atoms with E-state index in [2.05, 4.69) is 149 Å².